The third kappa shape index (κ3) is 6.42. The number of rotatable bonds is 7. The number of amides is 1. The van der Waals surface area contributed by atoms with Gasteiger partial charge < -0.3 is 19.8 Å². The van der Waals surface area contributed by atoms with E-state index in [2.05, 4.69) is 19.9 Å². The Morgan fingerprint density at radius 2 is 1.76 bits per heavy atom. The van der Waals surface area contributed by atoms with Gasteiger partial charge in [-0.05, 0) is 43.7 Å². The Balaban J connectivity index is 1.51. The molecule has 46 heavy (non-hydrogen) atoms. The smallest absolute Gasteiger partial charge is 0.419 e. The lowest BCUT2D eigenvalue weighted by Gasteiger charge is -2.25. The molecule has 2 aromatic carbocycles. The van der Waals surface area contributed by atoms with Crippen molar-refractivity contribution in [3.63, 3.8) is 0 Å². The number of sulfone groups is 1. The van der Waals surface area contributed by atoms with Gasteiger partial charge in [0, 0.05) is 23.8 Å². The second-order valence-corrected chi connectivity index (χ2v) is 13.7. The summed E-state index contributed by atoms with van der Waals surface area (Å²) in [7, 11) is -3.76. The monoisotopic (exact) mass is 669 g/mol. The first-order valence-electron chi connectivity index (χ1n) is 13.4. The van der Waals surface area contributed by atoms with Crippen molar-refractivity contribution < 1.29 is 48.7 Å². The zero-order chi connectivity index (χ0) is 33.8. The summed E-state index contributed by atoms with van der Waals surface area (Å²) in [6.07, 6.45) is -4.13. The van der Waals surface area contributed by atoms with Gasteiger partial charge in [-0.1, -0.05) is 24.3 Å². The van der Waals surface area contributed by atoms with E-state index in [9.17, 15) is 26.4 Å². The molecule has 0 saturated heterocycles. The van der Waals surface area contributed by atoms with E-state index in [0.717, 1.165) is 29.5 Å². The van der Waals surface area contributed by atoms with Crippen LogP contribution in [0.1, 0.15) is 37.3 Å². The molecule has 1 amide bonds. The predicted molar refractivity (Wildman–Crippen MR) is 152 cm³/mol. The van der Waals surface area contributed by atoms with Crippen molar-refractivity contribution in [2.75, 3.05) is 11.2 Å². The van der Waals surface area contributed by atoms with E-state index in [0.29, 0.717) is 22.9 Å². The molecule has 0 spiro atoms. The number of aromatic nitrogens is 3. The van der Waals surface area contributed by atoms with Crippen molar-refractivity contribution in [2.24, 2.45) is 5.73 Å². The number of pyridine rings is 1. The molecule has 1 atom stereocenters. The highest BCUT2D eigenvalue weighted by Gasteiger charge is 2.45. The lowest BCUT2D eigenvalue weighted by Crippen LogP contribution is -2.43. The highest BCUT2D eigenvalue weighted by Crippen LogP contribution is 2.45. The van der Waals surface area contributed by atoms with Crippen LogP contribution < -0.4 is 15.4 Å². The highest BCUT2D eigenvalue weighted by molar-refractivity contribution is 7.91. The third-order valence-electron chi connectivity index (χ3n) is 7.49. The largest absolute Gasteiger partial charge is 0.573 e. The summed E-state index contributed by atoms with van der Waals surface area (Å²) < 4.78 is 115. The van der Waals surface area contributed by atoms with E-state index < -0.39 is 73.8 Å². The highest BCUT2D eigenvalue weighted by atomic mass is 32.2. The minimum absolute atomic E-state index is 0.289. The van der Waals surface area contributed by atoms with Gasteiger partial charge >= 0.3 is 6.36 Å². The van der Waals surface area contributed by atoms with Crippen molar-refractivity contribution in [3.05, 3.63) is 77.6 Å². The molecular weight excluding hydrogens is 644 g/mol. The molecule has 2 aromatic heterocycles. The number of carbonyl (C=O) groups is 1. The van der Waals surface area contributed by atoms with Crippen LogP contribution in [0.15, 0.2) is 59.1 Å². The van der Waals surface area contributed by atoms with Gasteiger partial charge in [-0.25, -0.2) is 21.6 Å². The Bertz CT molecular complexity index is 1890. The van der Waals surface area contributed by atoms with Crippen molar-refractivity contribution >= 4 is 21.4 Å². The average molecular weight is 670 g/mol. The van der Waals surface area contributed by atoms with E-state index in [4.69, 9.17) is 10.2 Å². The summed E-state index contributed by atoms with van der Waals surface area (Å²) in [6, 6.07) is 8.43. The van der Waals surface area contributed by atoms with Crippen molar-refractivity contribution in [1.29, 1.82) is 0 Å². The first-order chi connectivity index (χ1) is 21.3. The maximum absolute atomic E-state index is 15.4. The fraction of sp³-hybridized carbons (Fsp3) is 0.310. The Kier molecular flexibility index (Phi) is 8.13. The van der Waals surface area contributed by atoms with E-state index in [-0.39, 0.29) is 18.1 Å². The quantitative estimate of drug-likeness (QED) is 0.254. The summed E-state index contributed by atoms with van der Waals surface area (Å²) in [5.74, 6) is -7.15. The average Bonchev–Trinajstić information content (AvgIpc) is 3.44. The number of anilines is 1. The number of hydrogen-bond donors (Lipinski definition) is 1. The van der Waals surface area contributed by atoms with Crippen LogP contribution in [0.5, 0.6) is 5.75 Å². The van der Waals surface area contributed by atoms with Gasteiger partial charge in [0.2, 0.25) is 11.8 Å². The molecule has 0 fully saturated rings. The number of nitrogens with two attached hydrogens (primary N) is 1. The van der Waals surface area contributed by atoms with Crippen LogP contribution in [-0.2, 0) is 31.8 Å². The molecule has 0 radical (unpaired) electrons. The number of hydrogen-bond acceptors (Lipinski definition) is 9. The van der Waals surface area contributed by atoms with Crippen LogP contribution >= 0.6 is 0 Å². The van der Waals surface area contributed by atoms with Gasteiger partial charge in [-0.15, -0.1) is 23.4 Å². The second-order valence-electron chi connectivity index (χ2n) is 11.1. The standard InChI is InChI=1S/C29H25F6N5O5S/c1-27(2,46(3,42)43)26-39-38-24(44-26)18-10-23-19(11-20(18)30)28(31,32)12-21(36)25(41)40(23)14-15-4-6-16(7-5-15)22-9-8-17(13-37-22)45-29(33,34)35/h4-11,13,21H,12,14,36H2,1-3H3/t21-/m0/s1. The van der Waals surface area contributed by atoms with Gasteiger partial charge in [0.15, 0.2) is 9.84 Å². The van der Waals surface area contributed by atoms with Gasteiger partial charge in [-0.2, -0.15) is 0 Å². The lowest BCUT2D eigenvalue weighted by atomic mass is 9.99. The first kappa shape index (κ1) is 32.9. The molecular formula is C29H25F6N5O5S. The van der Waals surface area contributed by atoms with Crippen LogP contribution in [0.4, 0.5) is 32.0 Å². The molecule has 3 heterocycles. The van der Waals surface area contributed by atoms with Crippen LogP contribution in [0.25, 0.3) is 22.7 Å². The molecule has 10 nitrogen and oxygen atoms in total. The summed E-state index contributed by atoms with van der Waals surface area (Å²) in [6.45, 7) is 2.31. The number of carbonyl (C=O) groups excluding carboxylic acids is 1. The van der Waals surface area contributed by atoms with Gasteiger partial charge in [0.25, 0.3) is 11.8 Å². The normalized spacial score (nSPS) is 17.0. The number of nitrogens with zero attached hydrogens (tertiary/aromatic N) is 4. The number of halogens is 6. The molecule has 2 N–H and O–H groups in total. The summed E-state index contributed by atoms with van der Waals surface area (Å²) in [4.78, 5) is 18.3. The van der Waals surface area contributed by atoms with E-state index in [1.54, 1.807) is 24.3 Å². The van der Waals surface area contributed by atoms with Gasteiger partial charge in [0.1, 0.15) is 16.3 Å². The van der Waals surface area contributed by atoms with Crippen LogP contribution in [0.2, 0.25) is 0 Å². The molecule has 0 saturated carbocycles. The molecule has 0 bridgehead atoms. The third-order valence-corrected chi connectivity index (χ3v) is 9.52. The van der Waals surface area contributed by atoms with Gasteiger partial charge in [0.05, 0.1) is 35.7 Å². The molecule has 1 aliphatic rings. The zero-order valence-electron chi connectivity index (χ0n) is 24.3. The number of alkyl halides is 5. The van der Waals surface area contributed by atoms with Crippen molar-refractivity contribution in [2.45, 2.75) is 49.9 Å². The number of benzene rings is 2. The maximum atomic E-state index is 15.4. The minimum Gasteiger partial charge on any atom is -0.419 e. The molecule has 17 heteroatoms. The predicted octanol–water partition coefficient (Wildman–Crippen LogP) is 5.47. The van der Waals surface area contributed by atoms with Gasteiger partial charge in [-0.3, -0.25) is 9.78 Å². The summed E-state index contributed by atoms with van der Waals surface area (Å²) in [5, 5.41) is 7.46. The second kappa shape index (κ2) is 11.4. The Morgan fingerprint density at radius 3 is 2.35 bits per heavy atom. The van der Waals surface area contributed by atoms with Crippen molar-refractivity contribution in [3.8, 4) is 28.5 Å². The first-order valence-corrected chi connectivity index (χ1v) is 15.3. The minimum atomic E-state index is -4.88. The SMILES string of the molecule is CC(C)(c1nnc(-c2cc3c(cc2F)C(F)(F)C[C@H](N)C(=O)N3Cc2ccc(-c3ccc(OC(F)(F)F)cn3)cc2)o1)S(C)(=O)=O. The van der Waals surface area contributed by atoms with E-state index in [1.165, 1.54) is 19.9 Å². The number of ether oxygens (including phenoxy) is 1. The summed E-state index contributed by atoms with van der Waals surface area (Å²) >= 11 is 0. The molecule has 1 aliphatic heterocycles. The zero-order valence-corrected chi connectivity index (χ0v) is 25.1. The van der Waals surface area contributed by atoms with E-state index in [1.807, 2.05) is 0 Å². The Hall–Kier alpha value is -4.51. The fourth-order valence-corrected chi connectivity index (χ4v) is 5.04. The number of fused-ring (bicyclic) bond motifs is 1. The lowest BCUT2D eigenvalue weighted by molar-refractivity contribution is -0.274. The van der Waals surface area contributed by atoms with E-state index >= 15 is 13.2 Å². The van der Waals surface area contributed by atoms with Crippen molar-refractivity contribution in [1.82, 2.24) is 15.2 Å². The maximum Gasteiger partial charge on any atom is 0.573 e. The summed E-state index contributed by atoms with van der Waals surface area (Å²) in [5.41, 5.74) is 5.43. The molecule has 0 aliphatic carbocycles. The molecule has 244 valence electrons. The fourth-order valence-electron chi connectivity index (χ4n) is 4.64. The Morgan fingerprint density at radius 1 is 1.09 bits per heavy atom. The van der Waals surface area contributed by atoms with Crippen LogP contribution in [0, 0.1) is 5.82 Å². The molecule has 0 unspecified atom stereocenters. The topological polar surface area (TPSA) is 142 Å². The van der Waals surface area contributed by atoms with Crippen LogP contribution in [0.3, 0.4) is 0 Å². The molecule has 5 rings (SSSR count). The Labute approximate surface area is 258 Å². The van der Waals surface area contributed by atoms with Crippen LogP contribution in [-0.4, -0.2) is 48.2 Å². The molecule has 4 aromatic rings.